The van der Waals surface area contributed by atoms with Crippen molar-refractivity contribution < 1.29 is 33.9 Å². The van der Waals surface area contributed by atoms with Crippen molar-refractivity contribution in [3.63, 3.8) is 0 Å². The number of nitrogens with two attached hydrogens (primary N) is 5. The number of amides is 5. The second kappa shape index (κ2) is 16.7. The smallest absolute Gasteiger partial charge is 0.326 e. The van der Waals surface area contributed by atoms with Crippen LogP contribution in [0.2, 0.25) is 0 Å². The molecular weight excluding hydrogens is 490 g/mol. The molecule has 0 aliphatic rings. The number of carboxylic acid groups (broad SMARTS) is 1. The molecule has 0 heterocycles. The number of hydrogen-bond acceptors (Lipinski definition) is 8. The molecule has 14 N–H and O–H groups in total. The van der Waals surface area contributed by atoms with Crippen LogP contribution < -0.4 is 44.6 Å². The summed E-state index contributed by atoms with van der Waals surface area (Å²) >= 11 is 0. The van der Waals surface area contributed by atoms with Gasteiger partial charge in [0.15, 0.2) is 5.96 Å². The molecule has 0 aromatic carbocycles. The lowest BCUT2D eigenvalue weighted by molar-refractivity contribution is -0.144. The minimum atomic E-state index is -1.54. The zero-order valence-electron chi connectivity index (χ0n) is 21.1. The molecule has 210 valence electrons. The lowest BCUT2D eigenvalue weighted by atomic mass is 9.98. The molecule has 0 saturated heterocycles. The van der Waals surface area contributed by atoms with Gasteiger partial charge in [-0.1, -0.05) is 20.3 Å². The van der Waals surface area contributed by atoms with E-state index >= 15 is 0 Å². The fourth-order valence-electron chi connectivity index (χ4n) is 3.10. The van der Waals surface area contributed by atoms with Crippen LogP contribution in [0.15, 0.2) is 4.99 Å². The maximum atomic E-state index is 12.9. The largest absolute Gasteiger partial charge is 0.480 e. The number of carbonyl (C=O) groups excluding carboxylic acids is 5. The first-order valence-corrected chi connectivity index (χ1v) is 11.7. The molecule has 5 amide bonds. The van der Waals surface area contributed by atoms with Crippen LogP contribution in [-0.2, 0) is 28.8 Å². The molecule has 0 radical (unpaired) electrons. The molecule has 0 rings (SSSR count). The number of guanidine groups is 1. The van der Waals surface area contributed by atoms with Crippen molar-refractivity contribution in [3.05, 3.63) is 0 Å². The standard InChI is InChI=1S/C21H39N9O7/c1-3-10(2)16(20(36)37)30-19(35)13(9-15(24)32)29-18(34)12(6-7-14(23)31)28-17(33)11(22)5-4-8-27-21(25)26/h10-13,16H,3-9,22H2,1-2H3,(H2,23,31)(H2,24,32)(H,28,33)(H,29,34)(H,30,35)(H,36,37)(H4,25,26,27). The topological polar surface area (TPSA) is 301 Å². The van der Waals surface area contributed by atoms with E-state index in [4.69, 9.17) is 28.7 Å². The van der Waals surface area contributed by atoms with Crippen LogP contribution in [-0.4, -0.2) is 77.3 Å². The van der Waals surface area contributed by atoms with Crippen LogP contribution in [0.1, 0.15) is 52.4 Å². The van der Waals surface area contributed by atoms with E-state index in [1.54, 1.807) is 13.8 Å². The lowest BCUT2D eigenvalue weighted by Gasteiger charge is -2.26. The van der Waals surface area contributed by atoms with Gasteiger partial charge in [-0.25, -0.2) is 4.79 Å². The monoisotopic (exact) mass is 529 g/mol. The van der Waals surface area contributed by atoms with E-state index in [1.807, 2.05) is 0 Å². The van der Waals surface area contributed by atoms with Crippen LogP contribution in [0.3, 0.4) is 0 Å². The Labute approximate surface area is 214 Å². The lowest BCUT2D eigenvalue weighted by Crippen LogP contribution is -2.58. The van der Waals surface area contributed by atoms with E-state index in [9.17, 15) is 33.9 Å². The van der Waals surface area contributed by atoms with E-state index in [2.05, 4.69) is 20.9 Å². The number of aliphatic carboxylic acids is 1. The Kier molecular flexibility index (Phi) is 14.9. The molecule has 0 aliphatic carbocycles. The van der Waals surface area contributed by atoms with Gasteiger partial charge < -0.3 is 49.7 Å². The highest BCUT2D eigenvalue weighted by molar-refractivity contribution is 5.96. The molecule has 16 heteroatoms. The maximum Gasteiger partial charge on any atom is 0.326 e. The third-order valence-electron chi connectivity index (χ3n) is 5.43. The number of primary amides is 2. The van der Waals surface area contributed by atoms with Crippen molar-refractivity contribution in [3.8, 4) is 0 Å². The summed E-state index contributed by atoms with van der Waals surface area (Å²) in [6.45, 7) is 3.57. The first-order chi connectivity index (χ1) is 17.2. The average molecular weight is 530 g/mol. The Morgan fingerprint density at radius 1 is 0.838 bits per heavy atom. The third kappa shape index (κ3) is 13.6. The Balaban J connectivity index is 5.54. The molecule has 0 aliphatic heterocycles. The quantitative estimate of drug-likeness (QED) is 0.0472. The van der Waals surface area contributed by atoms with Gasteiger partial charge in [0.1, 0.15) is 18.1 Å². The molecule has 0 spiro atoms. The first-order valence-electron chi connectivity index (χ1n) is 11.7. The summed E-state index contributed by atoms with van der Waals surface area (Å²) in [5.74, 6) is -6.19. The SMILES string of the molecule is CCC(C)C(NC(=O)C(CC(N)=O)NC(=O)C(CCC(N)=O)NC(=O)C(N)CCCN=C(N)N)C(=O)O. The highest BCUT2D eigenvalue weighted by Crippen LogP contribution is 2.09. The Morgan fingerprint density at radius 2 is 1.41 bits per heavy atom. The maximum absolute atomic E-state index is 12.9. The van der Waals surface area contributed by atoms with Crippen LogP contribution in [0.25, 0.3) is 0 Å². The number of nitrogens with zero attached hydrogens (tertiary/aromatic N) is 1. The summed E-state index contributed by atoms with van der Waals surface area (Å²) in [5.41, 5.74) is 26.7. The third-order valence-corrected chi connectivity index (χ3v) is 5.43. The van der Waals surface area contributed by atoms with E-state index in [0.29, 0.717) is 12.8 Å². The first kappa shape index (κ1) is 33.0. The van der Waals surface area contributed by atoms with E-state index in [1.165, 1.54) is 0 Å². The van der Waals surface area contributed by atoms with E-state index < -0.39 is 72.0 Å². The summed E-state index contributed by atoms with van der Waals surface area (Å²) in [6, 6.07) is -5.23. The second-order valence-electron chi connectivity index (χ2n) is 8.56. The van der Waals surface area contributed by atoms with Gasteiger partial charge in [-0.2, -0.15) is 0 Å². The number of hydrogen-bond donors (Lipinski definition) is 9. The Bertz CT molecular complexity index is 861. The van der Waals surface area contributed by atoms with Crippen molar-refractivity contribution in [2.75, 3.05) is 6.54 Å². The van der Waals surface area contributed by atoms with Gasteiger partial charge in [0.05, 0.1) is 12.5 Å². The Morgan fingerprint density at radius 3 is 1.89 bits per heavy atom. The van der Waals surface area contributed by atoms with Gasteiger partial charge in [-0.15, -0.1) is 0 Å². The van der Waals surface area contributed by atoms with Crippen molar-refractivity contribution in [2.24, 2.45) is 39.6 Å². The second-order valence-corrected chi connectivity index (χ2v) is 8.56. The summed E-state index contributed by atoms with van der Waals surface area (Å²) in [5, 5.41) is 16.4. The van der Waals surface area contributed by atoms with Crippen LogP contribution >= 0.6 is 0 Å². The van der Waals surface area contributed by atoms with Crippen molar-refractivity contribution in [1.29, 1.82) is 0 Å². The number of carbonyl (C=O) groups is 6. The molecule has 0 bridgehead atoms. The van der Waals surface area contributed by atoms with Gasteiger partial charge in [0, 0.05) is 13.0 Å². The van der Waals surface area contributed by atoms with Gasteiger partial charge in [0.2, 0.25) is 29.5 Å². The molecule has 0 aromatic rings. The average Bonchev–Trinajstić information content (AvgIpc) is 2.80. The summed E-state index contributed by atoms with van der Waals surface area (Å²) in [7, 11) is 0. The minimum absolute atomic E-state index is 0.116. The van der Waals surface area contributed by atoms with Gasteiger partial charge in [-0.3, -0.25) is 29.0 Å². The zero-order valence-corrected chi connectivity index (χ0v) is 21.1. The molecular formula is C21H39N9O7. The predicted molar refractivity (Wildman–Crippen MR) is 133 cm³/mol. The molecule has 5 atom stereocenters. The fourth-order valence-corrected chi connectivity index (χ4v) is 3.10. The van der Waals surface area contributed by atoms with Crippen molar-refractivity contribution in [2.45, 2.75) is 76.5 Å². The van der Waals surface area contributed by atoms with Crippen molar-refractivity contribution in [1.82, 2.24) is 16.0 Å². The molecule has 5 unspecified atom stereocenters. The summed E-state index contributed by atoms with van der Waals surface area (Å²) in [4.78, 5) is 76.3. The van der Waals surface area contributed by atoms with Gasteiger partial charge in [-0.05, 0) is 25.2 Å². The number of rotatable bonds is 18. The Hall–Kier alpha value is -3.95. The molecule has 37 heavy (non-hydrogen) atoms. The molecule has 0 fully saturated rings. The molecule has 0 saturated carbocycles. The van der Waals surface area contributed by atoms with E-state index in [-0.39, 0.29) is 31.8 Å². The fraction of sp³-hybridized carbons (Fsp3) is 0.667. The normalized spacial score (nSPS) is 14.7. The molecule has 16 nitrogen and oxygen atoms in total. The van der Waals surface area contributed by atoms with Gasteiger partial charge in [0.25, 0.3) is 0 Å². The summed E-state index contributed by atoms with van der Waals surface area (Å²) < 4.78 is 0. The number of carboxylic acids is 1. The van der Waals surface area contributed by atoms with Gasteiger partial charge >= 0.3 is 5.97 Å². The minimum Gasteiger partial charge on any atom is -0.480 e. The highest BCUT2D eigenvalue weighted by atomic mass is 16.4. The van der Waals surface area contributed by atoms with E-state index in [0.717, 1.165) is 0 Å². The highest BCUT2D eigenvalue weighted by Gasteiger charge is 2.32. The summed E-state index contributed by atoms with van der Waals surface area (Å²) in [6.07, 6.45) is -0.205. The van der Waals surface area contributed by atoms with Crippen LogP contribution in [0.5, 0.6) is 0 Å². The van der Waals surface area contributed by atoms with Crippen LogP contribution in [0, 0.1) is 5.92 Å². The van der Waals surface area contributed by atoms with Crippen LogP contribution in [0.4, 0.5) is 0 Å². The predicted octanol–water partition coefficient (Wildman–Crippen LogP) is -3.91. The van der Waals surface area contributed by atoms with Crippen molar-refractivity contribution >= 4 is 41.5 Å². The zero-order chi connectivity index (χ0) is 28.7. The molecule has 0 aromatic heterocycles. The number of nitrogens with one attached hydrogen (secondary N) is 3. The number of aliphatic imine (C=N–C) groups is 1.